The van der Waals surface area contributed by atoms with Crippen LogP contribution in [0.15, 0.2) is 0 Å². The van der Waals surface area contributed by atoms with Gasteiger partial charge in [0.15, 0.2) is 0 Å². The van der Waals surface area contributed by atoms with E-state index in [4.69, 9.17) is 50.2 Å². The average molecular weight is 660 g/mol. The van der Waals surface area contributed by atoms with E-state index < -0.39 is 17.6 Å². The van der Waals surface area contributed by atoms with Gasteiger partial charge in [-0.25, -0.2) is 0 Å². The molecule has 0 radical (unpaired) electrons. The summed E-state index contributed by atoms with van der Waals surface area (Å²) in [5.74, 6) is 0. The van der Waals surface area contributed by atoms with Crippen molar-refractivity contribution in [2.24, 2.45) is 0 Å². The van der Waals surface area contributed by atoms with E-state index in [0.29, 0.717) is 106 Å². The number of hydrogen-bond donors (Lipinski definition) is 0. The van der Waals surface area contributed by atoms with Crippen LogP contribution in [0.1, 0.15) is 61.3 Å². The van der Waals surface area contributed by atoms with Crippen molar-refractivity contribution in [3.63, 3.8) is 0 Å². The predicted octanol–water partition coefficient (Wildman–Crippen LogP) is 4.23. The molecule has 0 saturated heterocycles. The Labute approximate surface area is 264 Å². The Hall–Kier alpha value is -0.0462. The second kappa shape index (κ2) is 30.6. The van der Waals surface area contributed by atoms with E-state index in [2.05, 4.69) is 4.90 Å². The molecule has 43 heavy (non-hydrogen) atoms. The van der Waals surface area contributed by atoms with Crippen molar-refractivity contribution in [2.75, 3.05) is 119 Å². The maximum Gasteiger partial charge on any atom is 0.500 e. The van der Waals surface area contributed by atoms with Gasteiger partial charge in [-0.3, -0.25) is 4.90 Å². The van der Waals surface area contributed by atoms with Gasteiger partial charge in [0.25, 0.3) is 0 Å². The molecule has 0 amide bonds. The van der Waals surface area contributed by atoms with Crippen molar-refractivity contribution in [1.29, 1.82) is 0 Å². The van der Waals surface area contributed by atoms with Gasteiger partial charge in [-0.05, 0) is 61.3 Å². The van der Waals surface area contributed by atoms with E-state index >= 15 is 0 Å². The summed E-state index contributed by atoms with van der Waals surface area (Å²) in [7, 11) is -5.39. The average Bonchev–Trinajstić information content (AvgIpc) is 2.98. The maximum atomic E-state index is 6.05. The molecule has 0 aromatic heterocycles. The van der Waals surface area contributed by atoms with Gasteiger partial charge in [0.1, 0.15) is 0 Å². The van der Waals surface area contributed by atoms with Crippen molar-refractivity contribution < 1.29 is 50.2 Å². The van der Waals surface area contributed by atoms with E-state index in [1.54, 1.807) is 0 Å². The third-order valence-corrected chi connectivity index (χ3v) is 12.4. The minimum atomic E-state index is -2.69. The maximum absolute atomic E-state index is 6.05. The van der Waals surface area contributed by atoms with Crippen LogP contribution in [0.3, 0.4) is 0 Å². The van der Waals surface area contributed by atoms with Gasteiger partial charge < -0.3 is 50.2 Å². The first-order valence-electron chi connectivity index (χ1n) is 16.4. The van der Waals surface area contributed by atoms with E-state index in [1.807, 2.05) is 48.5 Å². The van der Waals surface area contributed by atoms with Crippen LogP contribution in [0, 0.1) is 0 Å². The fourth-order valence-corrected chi connectivity index (χ4v) is 9.58. The molecule has 0 aromatic rings. The molecule has 0 unspecified atom stereocenters. The van der Waals surface area contributed by atoms with Gasteiger partial charge in [0.05, 0.1) is 59.6 Å². The quantitative estimate of drug-likeness (QED) is 0.0553. The van der Waals surface area contributed by atoms with Crippen molar-refractivity contribution in [3.05, 3.63) is 0 Å². The van der Waals surface area contributed by atoms with Crippen molar-refractivity contribution in [2.45, 2.75) is 73.4 Å². The van der Waals surface area contributed by atoms with Crippen molar-refractivity contribution in [3.8, 4) is 0 Å². The van der Waals surface area contributed by atoms with Crippen molar-refractivity contribution in [1.82, 2.24) is 4.90 Å². The van der Waals surface area contributed by atoms with Gasteiger partial charge >= 0.3 is 17.6 Å². The fraction of sp³-hybridized carbons (Fsp3) is 1.00. The normalized spacial score (nSPS) is 12.6. The zero-order valence-corrected chi connectivity index (χ0v) is 30.5. The highest BCUT2D eigenvalue weighted by Gasteiger charge is 2.41. The Balaban J connectivity index is 4.71. The smallest absolute Gasteiger partial charge is 0.379 e. The summed E-state index contributed by atoms with van der Waals surface area (Å²) < 4.78 is 64.2. The van der Waals surface area contributed by atoms with Gasteiger partial charge in [0, 0.05) is 71.4 Å². The molecule has 0 bridgehead atoms. The minimum absolute atomic E-state index is 0.498. The first kappa shape index (κ1) is 43.0. The van der Waals surface area contributed by atoms with Gasteiger partial charge in [-0.1, -0.05) is 0 Å². The summed E-state index contributed by atoms with van der Waals surface area (Å²) in [5.41, 5.74) is 0. The van der Waals surface area contributed by atoms with Crippen LogP contribution in [-0.4, -0.2) is 141 Å². The van der Waals surface area contributed by atoms with E-state index in [1.165, 1.54) is 0 Å². The fourth-order valence-electron chi connectivity index (χ4n) is 4.40. The summed E-state index contributed by atoms with van der Waals surface area (Å²) in [5, 5.41) is 0. The lowest BCUT2D eigenvalue weighted by atomic mass is 10.4. The van der Waals surface area contributed by atoms with E-state index in [-0.39, 0.29) is 0 Å². The molecule has 0 aliphatic rings. The molecule has 12 nitrogen and oxygen atoms in total. The van der Waals surface area contributed by atoms with Gasteiger partial charge in [0.2, 0.25) is 0 Å². The molecule has 0 N–H and O–H groups in total. The largest absolute Gasteiger partial charge is 0.500 e. The molecule has 0 aliphatic carbocycles. The standard InChI is InChI=1S/C29H65NO11Si2/c1-8-31-19-20-32-21-22-33-23-24-34-25-26-35-29-30(17-15-27-42(36-9-2,37-10-3)38-11-4)18-16-28-43(39-12-5,40-13-6)41-14-7/h8-29H2,1-7H3. The molecule has 0 aliphatic heterocycles. The zero-order chi connectivity index (χ0) is 31.9. The van der Waals surface area contributed by atoms with Crippen molar-refractivity contribution >= 4 is 17.6 Å². The van der Waals surface area contributed by atoms with Crippen LogP contribution >= 0.6 is 0 Å². The topological polar surface area (TPSA) is 105 Å². The van der Waals surface area contributed by atoms with Crippen LogP contribution in [0.25, 0.3) is 0 Å². The number of ether oxygens (including phenoxy) is 5. The van der Waals surface area contributed by atoms with Crippen LogP contribution < -0.4 is 0 Å². The Morgan fingerprint density at radius 3 is 0.977 bits per heavy atom. The molecule has 14 heteroatoms. The Bertz CT molecular complexity index is 519. The molecule has 260 valence electrons. The molecule has 0 heterocycles. The second-order valence-corrected chi connectivity index (χ2v) is 14.8. The molecule has 0 saturated carbocycles. The van der Waals surface area contributed by atoms with E-state index in [0.717, 1.165) is 38.0 Å². The Morgan fingerprint density at radius 1 is 0.372 bits per heavy atom. The molecule has 0 spiro atoms. The molecule has 0 fully saturated rings. The summed E-state index contributed by atoms with van der Waals surface area (Å²) in [6, 6.07) is 1.52. The van der Waals surface area contributed by atoms with E-state index in [9.17, 15) is 0 Å². The number of hydrogen-bond acceptors (Lipinski definition) is 12. The predicted molar refractivity (Wildman–Crippen MR) is 171 cm³/mol. The summed E-state index contributed by atoms with van der Waals surface area (Å²) in [4.78, 5) is 2.31. The minimum Gasteiger partial charge on any atom is -0.379 e. The first-order chi connectivity index (χ1) is 21.0. The monoisotopic (exact) mass is 659 g/mol. The summed E-state index contributed by atoms with van der Waals surface area (Å²) in [6.45, 7) is 24.5. The van der Waals surface area contributed by atoms with Gasteiger partial charge in [-0.15, -0.1) is 0 Å². The summed E-state index contributed by atoms with van der Waals surface area (Å²) in [6.07, 6.45) is 1.76. The molecule has 0 aromatic carbocycles. The van der Waals surface area contributed by atoms with Crippen LogP contribution in [0.5, 0.6) is 0 Å². The first-order valence-corrected chi connectivity index (χ1v) is 20.3. The van der Waals surface area contributed by atoms with Crippen LogP contribution in [0.2, 0.25) is 12.1 Å². The molecular weight excluding hydrogens is 594 g/mol. The molecular formula is C29H65NO11Si2. The summed E-state index contributed by atoms with van der Waals surface area (Å²) >= 11 is 0. The highest BCUT2D eigenvalue weighted by atomic mass is 28.4. The lowest BCUT2D eigenvalue weighted by molar-refractivity contribution is -0.0265. The second-order valence-electron chi connectivity index (χ2n) is 9.36. The van der Waals surface area contributed by atoms with Crippen LogP contribution in [-0.2, 0) is 50.2 Å². The number of rotatable bonds is 35. The third-order valence-electron chi connectivity index (χ3n) is 6.07. The molecule has 0 rings (SSSR count). The van der Waals surface area contributed by atoms with Crippen LogP contribution in [0.4, 0.5) is 0 Å². The lowest BCUT2D eigenvalue weighted by Crippen LogP contribution is -2.47. The highest BCUT2D eigenvalue weighted by molar-refractivity contribution is 6.61. The third kappa shape index (κ3) is 23.0. The Kier molecular flexibility index (Phi) is 30.6. The highest BCUT2D eigenvalue weighted by Crippen LogP contribution is 2.21. The molecule has 0 atom stereocenters. The van der Waals surface area contributed by atoms with Gasteiger partial charge in [-0.2, -0.15) is 0 Å². The zero-order valence-electron chi connectivity index (χ0n) is 28.5. The Morgan fingerprint density at radius 2 is 0.674 bits per heavy atom. The number of nitrogens with zero attached hydrogens (tertiary/aromatic N) is 1. The SMILES string of the molecule is CCOCCOCCOCCOCCOCN(CCC[Si](OCC)(OCC)OCC)CCC[Si](OCC)(OCC)OCC. The lowest BCUT2D eigenvalue weighted by Gasteiger charge is -2.31.